The van der Waals surface area contributed by atoms with E-state index >= 15 is 0 Å². The average Bonchev–Trinajstić information content (AvgIpc) is 2.47. The minimum Gasteiger partial charge on any atom is -0.362 e. The van der Waals surface area contributed by atoms with Crippen molar-refractivity contribution in [3.63, 3.8) is 0 Å². The molecule has 0 amide bonds. The molecule has 1 aromatic rings. The maximum Gasteiger partial charge on any atom is 0.238 e. The van der Waals surface area contributed by atoms with Crippen molar-refractivity contribution in [1.82, 2.24) is 5.32 Å². The number of rotatable bonds is 8. The molecule has 7 heteroatoms. The summed E-state index contributed by atoms with van der Waals surface area (Å²) in [5.41, 5.74) is 0.602. The number of primary sulfonamides is 1. The van der Waals surface area contributed by atoms with E-state index in [1.165, 1.54) is 31.4 Å². The van der Waals surface area contributed by atoms with Gasteiger partial charge < -0.3 is 10.6 Å². The van der Waals surface area contributed by atoms with Gasteiger partial charge in [0.05, 0.1) is 4.90 Å². The maximum absolute atomic E-state index is 11.3. The SMILES string of the molecule is CCCC[C@H](CC)CNC(=S)Nc1cccc(S(N)(=O)=O)c1. The van der Waals surface area contributed by atoms with Gasteiger partial charge in [0, 0.05) is 12.2 Å². The van der Waals surface area contributed by atoms with E-state index in [1.54, 1.807) is 12.1 Å². The van der Waals surface area contributed by atoms with Crippen molar-refractivity contribution < 1.29 is 8.42 Å². The molecular formula is C15H25N3O2S2. The lowest BCUT2D eigenvalue weighted by atomic mass is 9.99. The number of anilines is 1. The normalized spacial score (nSPS) is 12.7. The number of hydrogen-bond acceptors (Lipinski definition) is 3. The van der Waals surface area contributed by atoms with Crippen molar-refractivity contribution in [2.75, 3.05) is 11.9 Å². The Hall–Kier alpha value is -1.18. The van der Waals surface area contributed by atoms with Crippen molar-refractivity contribution in [1.29, 1.82) is 0 Å². The number of nitrogens with two attached hydrogens (primary N) is 1. The number of thiocarbonyl (C=S) groups is 1. The molecule has 0 bridgehead atoms. The van der Waals surface area contributed by atoms with Crippen molar-refractivity contribution in [3.8, 4) is 0 Å². The molecule has 1 aromatic carbocycles. The van der Waals surface area contributed by atoms with Crippen LogP contribution >= 0.6 is 12.2 Å². The Kier molecular flexibility index (Phi) is 7.78. The van der Waals surface area contributed by atoms with Gasteiger partial charge in [-0.1, -0.05) is 39.2 Å². The molecule has 1 rings (SSSR count). The topological polar surface area (TPSA) is 84.2 Å². The molecule has 4 N–H and O–H groups in total. The molecule has 0 saturated heterocycles. The number of hydrogen-bond donors (Lipinski definition) is 3. The van der Waals surface area contributed by atoms with Crippen LogP contribution < -0.4 is 15.8 Å². The number of unbranched alkanes of at least 4 members (excludes halogenated alkanes) is 1. The average molecular weight is 344 g/mol. The third-order valence-corrected chi connectivity index (χ3v) is 4.67. The fraction of sp³-hybridized carbons (Fsp3) is 0.533. The molecule has 0 heterocycles. The molecular weight excluding hydrogens is 318 g/mol. The highest BCUT2D eigenvalue weighted by atomic mass is 32.2. The van der Waals surface area contributed by atoms with Gasteiger partial charge in [-0.3, -0.25) is 0 Å². The smallest absolute Gasteiger partial charge is 0.238 e. The first-order valence-electron chi connectivity index (χ1n) is 7.54. The van der Waals surface area contributed by atoms with Gasteiger partial charge in [-0.05, 0) is 42.8 Å². The lowest BCUT2D eigenvalue weighted by molar-refractivity contribution is 0.446. The summed E-state index contributed by atoms with van der Waals surface area (Å²) in [6.45, 7) is 5.18. The molecule has 0 aliphatic carbocycles. The Balaban J connectivity index is 2.55. The third-order valence-electron chi connectivity index (χ3n) is 3.52. The van der Waals surface area contributed by atoms with E-state index in [4.69, 9.17) is 17.4 Å². The van der Waals surface area contributed by atoms with Crippen LogP contribution in [-0.4, -0.2) is 20.1 Å². The number of benzene rings is 1. The minimum absolute atomic E-state index is 0.0645. The Bertz CT molecular complexity index is 588. The van der Waals surface area contributed by atoms with Crippen molar-refractivity contribution in [2.24, 2.45) is 11.1 Å². The second kappa shape index (κ2) is 9.07. The second-order valence-corrected chi connectivity index (χ2v) is 7.29. The molecule has 1 atom stereocenters. The molecule has 124 valence electrons. The molecule has 0 saturated carbocycles. The molecule has 0 aromatic heterocycles. The number of nitrogens with one attached hydrogen (secondary N) is 2. The Morgan fingerprint density at radius 3 is 2.68 bits per heavy atom. The van der Waals surface area contributed by atoms with Crippen LogP contribution in [-0.2, 0) is 10.0 Å². The standard InChI is InChI=1S/C15H25N3O2S2/c1-3-5-7-12(4-2)11-17-15(21)18-13-8-6-9-14(10-13)22(16,19)20/h6,8-10,12H,3-5,7,11H2,1-2H3,(H2,16,19,20)(H2,17,18,21)/t12-/m0/s1. The predicted molar refractivity (Wildman–Crippen MR) is 95.3 cm³/mol. The predicted octanol–water partition coefficient (Wildman–Crippen LogP) is 2.84. The van der Waals surface area contributed by atoms with Gasteiger partial charge in [0.15, 0.2) is 5.11 Å². The summed E-state index contributed by atoms with van der Waals surface area (Å²) in [6.07, 6.45) is 4.70. The molecule has 0 aliphatic rings. The van der Waals surface area contributed by atoms with E-state index < -0.39 is 10.0 Å². The van der Waals surface area contributed by atoms with Crippen LogP contribution in [0, 0.1) is 5.92 Å². The summed E-state index contributed by atoms with van der Waals surface area (Å²) < 4.78 is 22.7. The first-order valence-corrected chi connectivity index (χ1v) is 9.50. The van der Waals surface area contributed by atoms with E-state index in [0.717, 1.165) is 13.0 Å². The van der Waals surface area contributed by atoms with Gasteiger partial charge in [-0.25, -0.2) is 13.6 Å². The Morgan fingerprint density at radius 2 is 2.09 bits per heavy atom. The third kappa shape index (κ3) is 6.72. The molecule has 0 radical (unpaired) electrons. The van der Waals surface area contributed by atoms with Crippen LogP contribution in [0.5, 0.6) is 0 Å². The van der Waals surface area contributed by atoms with Gasteiger partial charge in [-0.2, -0.15) is 0 Å². The molecule has 0 aliphatic heterocycles. The molecule has 5 nitrogen and oxygen atoms in total. The largest absolute Gasteiger partial charge is 0.362 e. The monoisotopic (exact) mass is 343 g/mol. The van der Waals surface area contributed by atoms with E-state index in [1.807, 2.05) is 0 Å². The van der Waals surface area contributed by atoms with E-state index in [2.05, 4.69) is 24.5 Å². The van der Waals surface area contributed by atoms with E-state index in [9.17, 15) is 8.42 Å². The lowest BCUT2D eigenvalue weighted by Crippen LogP contribution is -2.32. The van der Waals surface area contributed by atoms with Crippen LogP contribution in [0.3, 0.4) is 0 Å². The zero-order valence-electron chi connectivity index (χ0n) is 13.1. The zero-order chi connectivity index (χ0) is 16.6. The minimum atomic E-state index is -3.70. The molecule has 0 unspecified atom stereocenters. The van der Waals surface area contributed by atoms with Crippen molar-refractivity contribution in [2.45, 2.75) is 44.4 Å². The van der Waals surface area contributed by atoms with Crippen molar-refractivity contribution >= 4 is 33.0 Å². The van der Waals surface area contributed by atoms with Gasteiger partial charge in [-0.15, -0.1) is 0 Å². The van der Waals surface area contributed by atoms with Crippen LogP contribution in [0.25, 0.3) is 0 Å². The lowest BCUT2D eigenvalue weighted by Gasteiger charge is -2.17. The highest BCUT2D eigenvalue weighted by molar-refractivity contribution is 7.89. The molecule has 0 spiro atoms. The summed E-state index contributed by atoms with van der Waals surface area (Å²) in [5, 5.41) is 11.8. The van der Waals surface area contributed by atoms with Gasteiger partial charge in [0.1, 0.15) is 0 Å². The first-order chi connectivity index (χ1) is 10.4. The quantitative estimate of drug-likeness (QED) is 0.632. The molecule has 22 heavy (non-hydrogen) atoms. The zero-order valence-corrected chi connectivity index (χ0v) is 14.8. The van der Waals surface area contributed by atoms with Gasteiger partial charge in [0.2, 0.25) is 10.0 Å². The fourth-order valence-electron chi connectivity index (χ4n) is 2.11. The highest BCUT2D eigenvalue weighted by Gasteiger charge is 2.09. The summed E-state index contributed by atoms with van der Waals surface area (Å²) in [6, 6.07) is 6.30. The van der Waals surface area contributed by atoms with E-state index in [0.29, 0.717) is 16.7 Å². The summed E-state index contributed by atoms with van der Waals surface area (Å²) in [7, 11) is -3.70. The van der Waals surface area contributed by atoms with Gasteiger partial charge in [0.25, 0.3) is 0 Å². The summed E-state index contributed by atoms with van der Waals surface area (Å²) >= 11 is 5.25. The van der Waals surface area contributed by atoms with Crippen molar-refractivity contribution in [3.05, 3.63) is 24.3 Å². The number of sulfonamides is 1. The van der Waals surface area contributed by atoms with Crippen LogP contribution in [0.15, 0.2) is 29.2 Å². The Labute approximate surface area is 138 Å². The Morgan fingerprint density at radius 1 is 1.36 bits per heavy atom. The summed E-state index contributed by atoms with van der Waals surface area (Å²) in [4.78, 5) is 0.0645. The van der Waals surface area contributed by atoms with Gasteiger partial charge >= 0.3 is 0 Å². The molecule has 0 fully saturated rings. The van der Waals surface area contributed by atoms with Crippen LogP contribution in [0.2, 0.25) is 0 Å². The highest BCUT2D eigenvalue weighted by Crippen LogP contribution is 2.14. The second-order valence-electron chi connectivity index (χ2n) is 5.32. The van der Waals surface area contributed by atoms with Crippen LogP contribution in [0.1, 0.15) is 39.5 Å². The first kappa shape index (κ1) is 18.9. The maximum atomic E-state index is 11.3. The van der Waals surface area contributed by atoms with E-state index in [-0.39, 0.29) is 4.90 Å². The summed E-state index contributed by atoms with van der Waals surface area (Å²) in [5.74, 6) is 0.593. The van der Waals surface area contributed by atoms with Crippen LogP contribution in [0.4, 0.5) is 5.69 Å². The fourth-order valence-corrected chi connectivity index (χ4v) is 2.87.